The van der Waals surface area contributed by atoms with E-state index in [2.05, 4.69) is 4.90 Å². The average Bonchev–Trinajstić information content (AvgIpc) is 2.63. The van der Waals surface area contributed by atoms with Crippen LogP contribution in [0.25, 0.3) is 0 Å². The maximum absolute atomic E-state index is 11.9. The van der Waals surface area contributed by atoms with Crippen molar-refractivity contribution in [3.8, 4) is 0 Å². The van der Waals surface area contributed by atoms with E-state index in [1.165, 1.54) is 6.42 Å². The van der Waals surface area contributed by atoms with Gasteiger partial charge in [-0.1, -0.05) is 30.3 Å². The number of nitrogens with zero attached hydrogens (tertiary/aromatic N) is 1. The van der Waals surface area contributed by atoms with E-state index in [9.17, 15) is 4.79 Å². The highest BCUT2D eigenvalue weighted by Gasteiger charge is 2.43. The Balaban J connectivity index is 1.54. The SMILES string of the molecule is O=C(OCc1ccccc1)C1CCC2CCN21. The first-order valence-electron chi connectivity index (χ1n) is 6.31. The van der Waals surface area contributed by atoms with Crippen molar-refractivity contribution in [3.05, 3.63) is 35.9 Å². The van der Waals surface area contributed by atoms with Crippen molar-refractivity contribution in [2.24, 2.45) is 0 Å². The van der Waals surface area contributed by atoms with Crippen LogP contribution in [0, 0.1) is 0 Å². The van der Waals surface area contributed by atoms with Gasteiger partial charge in [-0.25, -0.2) is 0 Å². The Morgan fingerprint density at radius 3 is 2.71 bits per heavy atom. The molecule has 0 spiro atoms. The molecule has 2 heterocycles. The van der Waals surface area contributed by atoms with Crippen LogP contribution in [0.4, 0.5) is 0 Å². The molecule has 3 rings (SSSR count). The van der Waals surface area contributed by atoms with Crippen molar-refractivity contribution >= 4 is 5.97 Å². The van der Waals surface area contributed by atoms with Crippen molar-refractivity contribution in [3.63, 3.8) is 0 Å². The van der Waals surface area contributed by atoms with E-state index in [1.54, 1.807) is 0 Å². The lowest BCUT2D eigenvalue weighted by atomic mass is 10.1. The first-order valence-corrected chi connectivity index (χ1v) is 6.31. The van der Waals surface area contributed by atoms with Crippen LogP contribution in [0.15, 0.2) is 30.3 Å². The van der Waals surface area contributed by atoms with E-state index in [0.29, 0.717) is 12.6 Å². The number of ether oxygens (including phenoxy) is 1. The van der Waals surface area contributed by atoms with Crippen LogP contribution in [0.2, 0.25) is 0 Å². The maximum atomic E-state index is 11.9. The van der Waals surface area contributed by atoms with Crippen LogP contribution in [0.3, 0.4) is 0 Å². The number of hydrogen-bond acceptors (Lipinski definition) is 3. The number of carbonyl (C=O) groups is 1. The van der Waals surface area contributed by atoms with E-state index < -0.39 is 0 Å². The molecule has 0 aliphatic carbocycles. The zero-order chi connectivity index (χ0) is 11.7. The Labute approximate surface area is 101 Å². The molecule has 2 aliphatic heterocycles. The van der Waals surface area contributed by atoms with E-state index in [-0.39, 0.29) is 12.0 Å². The Morgan fingerprint density at radius 2 is 2.06 bits per heavy atom. The molecule has 90 valence electrons. The molecule has 1 aromatic rings. The fourth-order valence-electron chi connectivity index (χ4n) is 2.78. The van der Waals surface area contributed by atoms with Gasteiger partial charge in [0.1, 0.15) is 12.6 Å². The largest absolute Gasteiger partial charge is 0.460 e. The summed E-state index contributed by atoms with van der Waals surface area (Å²) in [5.74, 6) is -0.0453. The topological polar surface area (TPSA) is 29.5 Å². The summed E-state index contributed by atoms with van der Waals surface area (Å²) >= 11 is 0. The molecule has 0 amide bonds. The molecule has 3 heteroatoms. The van der Waals surface area contributed by atoms with Crippen LogP contribution in [0.1, 0.15) is 24.8 Å². The van der Waals surface area contributed by atoms with Gasteiger partial charge in [0.25, 0.3) is 0 Å². The molecule has 17 heavy (non-hydrogen) atoms. The number of benzene rings is 1. The number of fused-ring (bicyclic) bond motifs is 1. The second-order valence-electron chi connectivity index (χ2n) is 4.87. The summed E-state index contributed by atoms with van der Waals surface area (Å²) in [6, 6.07) is 10.5. The lowest BCUT2D eigenvalue weighted by Gasteiger charge is -2.37. The summed E-state index contributed by atoms with van der Waals surface area (Å²) in [4.78, 5) is 14.2. The highest BCUT2D eigenvalue weighted by atomic mass is 16.5. The fraction of sp³-hybridized carbons (Fsp3) is 0.500. The predicted molar refractivity (Wildman–Crippen MR) is 64.4 cm³/mol. The van der Waals surface area contributed by atoms with Gasteiger partial charge in [0.15, 0.2) is 0 Å². The van der Waals surface area contributed by atoms with Gasteiger partial charge in [-0.05, 0) is 24.8 Å². The molecule has 2 fully saturated rings. The number of esters is 1. The third-order valence-corrected chi connectivity index (χ3v) is 3.86. The minimum atomic E-state index is -0.0453. The van der Waals surface area contributed by atoms with Crippen molar-refractivity contribution in [2.75, 3.05) is 6.54 Å². The summed E-state index contributed by atoms with van der Waals surface area (Å²) < 4.78 is 5.38. The maximum Gasteiger partial charge on any atom is 0.323 e. The van der Waals surface area contributed by atoms with Gasteiger partial charge in [-0.3, -0.25) is 9.69 Å². The third kappa shape index (κ3) is 2.07. The van der Waals surface area contributed by atoms with Crippen molar-refractivity contribution in [1.29, 1.82) is 0 Å². The quantitative estimate of drug-likeness (QED) is 0.745. The van der Waals surface area contributed by atoms with E-state index >= 15 is 0 Å². The molecule has 2 saturated heterocycles. The average molecular weight is 231 g/mol. The molecule has 1 aromatic carbocycles. The first-order chi connectivity index (χ1) is 8.34. The van der Waals surface area contributed by atoms with E-state index in [1.807, 2.05) is 30.3 Å². The molecule has 3 nitrogen and oxygen atoms in total. The van der Waals surface area contributed by atoms with Gasteiger partial charge in [0.05, 0.1) is 0 Å². The van der Waals surface area contributed by atoms with E-state index in [0.717, 1.165) is 24.9 Å². The van der Waals surface area contributed by atoms with Crippen LogP contribution < -0.4 is 0 Å². The van der Waals surface area contributed by atoms with Crippen LogP contribution in [-0.2, 0) is 16.1 Å². The number of rotatable bonds is 3. The van der Waals surface area contributed by atoms with E-state index in [4.69, 9.17) is 4.74 Å². The second kappa shape index (κ2) is 4.49. The summed E-state index contributed by atoms with van der Waals surface area (Å²) in [5.41, 5.74) is 1.05. The molecular formula is C14H17NO2. The Kier molecular flexibility index (Phi) is 2.85. The second-order valence-corrected chi connectivity index (χ2v) is 4.87. The molecule has 0 bridgehead atoms. The van der Waals surface area contributed by atoms with Gasteiger partial charge >= 0.3 is 5.97 Å². The standard InChI is InChI=1S/C14H17NO2/c16-14(13-7-6-12-8-9-15(12)13)17-10-11-4-2-1-3-5-11/h1-5,12-13H,6-10H2. The van der Waals surface area contributed by atoms with Gasteiger partial charge in [0.2, 0.25) is 0 Å². The molecule has 2 aliphatic rings. The molecular weight excluding hydrogens is 214 g/mol. The van der Waals surface area contributed by atoms with Crippen molar-refractivity contribution < 1.29 is 9.53 Å². The monoisotopic (exact) mass is 231 g/mol. The number of hydrogen-bond donors (Lipinski definition) is 0. The predicted octanol–water partition coefficient (Wildman–Crippen LogP) is 1.97. The fourth-order valence-corrected chi connectivity index (χ4v) is 2.78. The van der Waals surface area contributed by atoms with Crippen LogP contribution in [0.5, 0.6) is 0 Å². The van der Waals surface area contributed by atoms with Crippen molar-refractivity contribution in [1.82, 2.24) is 4.90 Å². The van der Waals surface area contributed by atoms with Crippen molar-refractivity contribution in [2.45, 2.75) is 38.0 Å². The van der Waals surface area contributed by atoms with Gasteiger partial charge in [0, 0.05) is 12.6 Å². The summed E-state index contributed by atoms with van der Waals surface area (Å²) in [6.45, 7) is 1.46. The Bertz CT molecular complexity index is 404. The molecule has 0 saturated carbocycles. The minimum Gasteiger partial charge on any atom is -0.460 e. The van der Waals surface area contributed by atoms with Gasteiger partial charge < -0.3 is 4.74 Å². The zero-order valence-electron chi connectivity index (χ0n) is 9.84. The summed E-state index contributed by atoms with van der Waals surface area (Å²) in [5, 5.41) is 0. The Hall–Kier alpha value is -1.35. The molecule has 2 unspecified atom stereocenters. The number of carbonyl (C=O) groups excluding carboxylic acids is 1. The van der Waals surface area contributed by atoms with Crippen LogP contribution in [-0.4, -0.2) is 29.5 Å². The lowest BCUT2D eigenvalue weighted by molar-refractivity contribution is -0.152. The van der Waals surface area contributed by atoms with Gasteiger partial charge in [-0.2, -0.15) is 0 Å². The molecule has 2 atom stereocenters. The third-order valence-electron chi connectivity index (χ3n) is 3.86. The summed E-state index contributed by atoms with van der Waals surface area (Å²) in [7, 11) is 0. The smallest absolute Gasteiger partial charge is 0.323 e. The normalized spacial score (nSPS) is 27.3. The molecule has 0 aromatic heterocycles. The highest BCUT2D eigenvalue weighted by molar-refractivity contribution is 5.76. The lowest BCUT2D eigenvalue weighted by Crippen LogP contribution is -2.50. The molecule has 0 N–H and O–H groups in total. The zero-order valence-corrected chi connectivity index (χ0v) is 9.84. The first kappa shape index (κ1) is 10.8. The van der Waals surface area contributed by atoms with Crippen LogP contribution >= 0.6 is 0 Å². The molecule has 0 radical (unpaired) electrons. The Morgan fingerprint density at radius 1 is 1.24 bits per heavy atom. The highest BCUT2D eigenvalue weighted by Crippen LogP contribution is 2.34. The minimum absolute atomic E-state index is 0.0254. The summed E-state index contributed by atoms with van der Waals surface area (Å²) in [6.07, 6.45) is 3.38. The van der Waals surface area contributed by atoms with Gasteiger partial charge in [-0.15, -0.1) is 0 Å².